The third-order valence-corrected chi connectivity index (χ3v) is 10.5. The first kappa shape index (κ1) is 28.5. The van der Waals surface area contributed by atoms with Gasteiger partial charge in [-0.15, -0.1) is 0 Å². The number of cyclic esters (lactones) is 1. The van der Waals surface area contributed by atoms with E-state index < -0.39 is 23.5 Å². The number of rotatable bonds is 6. The molecule has 194 valence electrons. The molecule has 0 aromatic heterocycles. The fourth-order valence-electron chi connectivity index (χ4n) is 3.87. The molecular formula is C28H18Br4O6. The molecule has 1 aliphatic heterocycles. The average Bonchev–Trinajstić information content (AvgIpc) is 3.20. The first-order valence-corrected chi connectivity index (χ1v) is 14.1. The van der Waals surface area contributed by atoms with Crippen LogP contribution in [-0.2, 0) is 19.9 Å². The van der Waals surface area contributed by atoms with Crippen LogP contribution in [0.15, 0.2) is 90.7 Å². The molecule has 0 saturated carbocycles. The minimum absolute atomic E-state index is 0.265. The van der Waals surface area contributed by atoms with E-state index in [4.69, 9.17) is 14.2 Å². The van der Waals surface area contributed by atoms with Crippen LogP contribution < -0.4 is 9.47 Å². The quantitative estimate of drug-likeness (QED) is 0.0829. The lowest BCUT2D eigenvalue weighted by Gasteiger charge is -2.31. The van der Waals surface area contributed by atoms with Crippen LogP contribution in [-0.4, -0.2) is 17.9 Å². The topological polar surface area (TPSA) is 78.9 Å². The Balaban J connectivity index is 1.92. The second-order valence-corrected chi connectivity index (χ2v) is 11.6. The normalized spacial score (nSPS) is 13.4. The maximum Gasteiger partial charge on any atom is 0.341 e. The third kappa shape index (κ3) is 4.95. The maximum absolute atomic E-state index is 13.4. The summed E-state index contributed by atoms with van der Waals surface area (Å²) in [5.74, 6) is -1.03. The van der Waals surface area contributed by atoms with Gasteiger partial charge in [-0.3, -0.25) is 0 Å². The Hall–Kier alpha value is -2.53. The lowest BCUT2D eigenvalue weighted by atomic mass is 9.80. The maximum atomic E-state index is 13.4. The average molecular weight is 770 g/mol. The van der Waals surface area contributed by atoms with Crippen LogP contribution in [0.4, 0.5) is 0 Å². The summed E-state index contributed by atoms with van der Waals surface area (Å²) >= 11 is 14.3. The van der Waals surface area contributed by atoms with E-state index in [1.54, 1.807) is 62.4 Å². The number of carbonyl (C=O) groups excluding carboxylic acids is 3. The van der Waals surface area contributed by atoms with Crippen LogP contribution >= 0.6 is 63.7 Å². The van der Waals surface area contributed by atoms with E-state index in [9.17, 15) is 14.4 Å². The van der Waals surface area contributed by atoms with Crippen LogP contribution in [0.2, 0.25) is 0 Å². The standard InChI is InChI=1S/C28H18Br4O6/c1-13(2)25(33)36-17-9-5-15(6-10-17)28(16-7-11-18(12-8-16)37-26(34)14(3)4)20-19(27(35)38-28)21(29)23(31)24(32)22(20)30/h5-12H,1,3H2,2,4H3. The summed E-state index contributed by atoms with van der Waals surface area (Å²) in [6, 6.07) is 13.3. The van der Waals surface area contributed by atoms with Gasteiger partial charge in [0.2, 0.25) is 0 Å². The number of hydrogen-bond donors (Lipinski definition) is 0. The summed E-state index contributed by atoms with van der Waals surface area (Å²) in [7, 11) is 0. The van der Waals surface area contributed by atoms with Crippen LogP contribution in [0, 0.1) is 0 Å². The summed E-state index contributed by atoms with van der Waals surface area (Å²) in [5, 5.41) is 0. The van der Waals surface area contributed by atoms with Crippen molar-refractivity contribution in [2.75, 3.05) is 0 Å². The van der Waals surface area contributed by atoms with Crippen molar-refractivity contribution in [3.63, 3.8) is 0 Å². The van der Waals surface area contributed by atoms with E-state index in [0.717, 1.165) is 0 Å². The number of carbonyl (C=O) groups is 3. The van der Waals surface area contributed by atoms with Gasteiger partial charge in [0.05, 0.1) is 5.56 Å². The van der Waals surface area contributed by atoms with Crippen LogP contribution in [0.25, 0.3) is 0 Å². The molecule has 4 rings (SSSR count). The molecule has 0 saturated heterocycles. The summed E-state index contributed by atoms with van der Waals surface area (Å²) in [6.45, 7) is 10.3. The van der Waals surface area contributed by atoms with Crippen molar-refractivity contribution in [1.82, 2.24) is 0 Å². The zero-order valence-electron chi connectivity index (χ0n) is 20.0. The molecule has 1 aliphatic rings. The highest BCUT2D eigenvalue weighted by Gasteiger charge is 2.52. The van der Waals surface area contributed by atoms with Crippen molar-refractivity contribution in [1.29, 1.82) is 0 Å². The highest BCUT2D eigenvalue weighted by Crippen LogP contribution is 2.55. The molecule has 0 atom stereocenters. The van der Waals surface area contributed by atoms with Gasteiger partial charge >= 0.3 is 17.9 Å². The van der Waals surface area contributed by atoms with Crippen molar-refractivity contribution in [3.05, 3.63) is 113 Å². The van der Waals surface area contributed by atoms with Gasteiger partial charge in [0.15, 0.2) is 5.60 Å². The lowest BCUT2D eigenvalue weighted by molar-refractivity contribution is -0.130. The Morgan fingerprint density at radius 1 is 0.711 bits per heavy atom. The number of fused-ring (bicyclic) bond motifs is 1. The lowest BCUT2D eigenvalue weighted by Crippen LogP contribution is -2.30. The van der Waals surface area contributed by atoms with Gasteiger partial charge in [0, 0.05) is 45.7 Å². The molecular weight excluding hydrogens is 752 g/mol. The molecule has 38 heavy (non-hydrogen) atoms. The number of benzene rings is 3. The molecule has 0 spiro atoms. The van der Waals surface area contributed by atoms with Gasteiger partial charge in [-0.1, -0.05) is 37.4 Å². The van der Waals surface area contributed by atoms with Crippen LogP contribution in [0.1, 0.15) is 40.9 Å². The second kappa shape index (κ2) is 10.9. The van der Waals surface area contributed by atoms with E-state index in [1.807, 2.05) is 0 Å². The second-order valence-electron chi connectivity index (χ2n) is 8.47. The van der Waals surface area contributed by atoms with Gasteiger partial charge in [-0.25, -0.2) is 14.4 Å². The monoisotopic (exact) mass is 766 g/mol. The zero-order chi connectivity index (χ0) is 27.9. The van der Waals surface area contributed by atoms with Crippen LogP contribution in [0.5, 0.6) is 11.5 Å². The van der Waals surface area contributed by atoms with Gasteiger partial charge < -0.3 is 14.2 Å². The minimum atomic E-state index is -1.40. The Kier molecular flexibility index (Phi) is 8.18. The molecule has 0 unspecified atom stereocenters. The molecule has 6 nitrogen and oxygen atoms in total. The van der Waals surface area contributed by atoms with Gasteiger partial charge in [0.25, 0.3) is 0 Å². The van der Waals surface area contributed by atoms with Crippen molar-refractivity contribution in [2.45, 2.75) is 19.4 Å². The Bertz CT molecular complexity index is 1450. The van der Waals surface area contributed by atoms with Crippen LogP contribution in [0.3, 0.4) is 0 Å². The predicted molar refractivity (Wildman–Crippen MR) is 156 cm³/mol. The van der Waals surface area contributed by atoms with E-state index in [2.05, 4.69) is 76.9 Å². The molecule has 0 amide bonds. The fourth-order valence-corrected chi connectivity index (χ4v) is 6.43. The molecule has 0 fully saturated rings. The molecule has 0 radical (unpaired) electrons. The number of halogens is 4. The van der Waals surface area contributed by atoms with Crippen molar-refractivity contribution < 1.29 is 28.6 Å². The third-order valence-electron chi connectivity index (χ3n) is 5.71. The highest BCUT2D eigenvalue weighted by molar-refractivity contribution is 9.15. The Morgan fingerprint density at radius 2 is 1.11 bits per heavy atom. The molecule has 3 aromatic carbocycles. The SMILES string of the molecule is C=C(C)C(=O)Oc1ccc(C2(c3ccc(OC(=O)C(=C)C)cc3)OC(=O)c3c(Br)c(Br)c(Br)c(Br)c32)cc1. The van der Waals surface area contributed by atoms with E-state index in [1.165, 1.54) is 0 Å². The summed E-state index contributed by atoms with van der Waals surface area (Å²) in [6.07, 6.45) is 0. The van der Waals surface area contributed by atoms with Crippen molar-refractivity contribution >= 4 is 81.6 Å². The molecule has 0 N–H and O–H groups in total. The van der Waals surface area contributed by atoms with E-state index >= 15 is 0 Å². The fraction of sp³-hybridized carbons (Fsp3) is 0.107. The van der Waals surface area contributed by atoms with Crippen molar-refractivity contribution in [3.8, 4) is 11.5 Å². The summed E-state index contributed by atoms with van der Waals surface area (Å²) in [5.41, 5.74) is 1.21. The van der Waals surface area contributed by atoms with Crippen molar-refractivity contribution in [2.24, 2.45) is 0 Å². The van der Waals surface area contributed by atoms with Gasteiger partial charge in [-0.05, 0) is 102 Å². The summed E-state index contributed by atoms with van der Waals surface area (Å²) in [4.78, 5) is 37.4. The number of esters is 3. The molecule has 10 heteroatoms. The minimum Gasteiger partial charge on any atom is -0.441 e. The molecule has 3 aromatic rings. The smallest absolute Gasteiger partial charge is 0.341 e. The zero-order valence-corrected chi connectivity index (χ0v) is 26.3. The largest absolute Gasteiger partial charge is 0.441 e. The summed E-state index contributed by atoms with van der Waals surface area (Å²) < 4.78 is 19.3. The van der Waals surface area contributed by atoms with Gasteiger partial charge in [-0.2, -0.15) is 0 Å². The van der Waals surface area contributed by atoms with E-state index in [0.29, 0.717) is 51.6 Å². The van der Waals surface area contributed by atoms with Gasteiger partial charge in [0.1, 0.15) is 11.5 Å². The number of hydrogen-bond acceptors (Lipinski definition) is 6. The van der Waals surface area contributed by atoms with E-state index in [-0.39, 0.29) is 11.1 Å². The molecule has 0 aliphatic carbocycles. The number of ether oxygens (including phenoxy) is 3. The highest BCUT2D eigenvalue weighted by atomic mass is 79.9. The predicted octanol–water partition coefficient (Wildman–Crippen LogP) is 8.16. The molecule has 0 bridgehead atoms. The molecule has 1 heterocycles. The Labute approximate surface area is 252 Å². The Morgan fingerprint density at radius 3 is 1.50 bits per heavy atom. The first-order valence-electron chi connectivity index (χ1n) is 10.9. The first-order chi connectivity index (χ1) is 17.9.